The van der Waals surface area contributed by atoms with E-state index in [9.17, 15) is 0 Å². The number of allylic oxidation sites excluding steroid dienone is 1. The van der Waals surface area contributed by atoms with Crippen molar-refractivity contribution >= 4 is 0 Å². The molecule has 0 fully saturated rings. The van der Waals surface area contributed by atoms with Gasteiger partial charge in [-0.25, -0.2) is 0 Å². The number of unbranched alkanes of at least 4 members (excludes halogenated alkanes) is 2. The van der Waals surface area contributed by atoms with E-state index in [1.54, 1.807) is 0 Å². The van der Waals surface area contributed by atoms with Gasteiger partial charge >= 0.3 is 0 Å². The third-order valence-corrected chi connectivity index (χ3v) is 2.50. The second-order valence-corrected chi connectivity index (χ2v) is 3.91. The Labute approximate surface area is 90.2 Å². The smallest absolute Gasteiger partial charge is 0.00159 e. The van der Waals surface area contributed by atoms with Gasteiger partial charge in [-0.1, -0.05) is 38.8 Å². The van der Waals surface area contributed by atoms with E-state index in [1.807, 2.05) is 0 Å². The topological polar surface area (TPSA) is 3.24 Å². The van der Waals surface area contributed by atoms with E-state index in [1.165, 1.54) is 51.7 Å². The molecular formula is C13H27N. The van der Waals surface area contributed by atoms with Crippen LogP contribution < -0.4 is 0 Å². The quantitative estimate of drug-likeness (QED) is 0.507. The molecule has 0 N–H and O–H groups in total. The zero-order valence-corrected chi connectivity index (χ0v) is 10.3. The van der Waals surface area contributed by atoms with Crippen molar-refractivity contribution in [2.45, 2.75) is 52.9 Å². The highest BCUT2D eigenvalue weighted by atomic mass is 15.1. The molecule has 0 amide bonds. The van der Waals surface area contributed by atoms with Crippen LogP contribution in [0.4, 0.5) is 0 Å². The number of rotatable bonds is 9. The van der Waals surface area contributed by atoms with Gasteiger partial charge in [0.25, 0.3) is 0 Å². The van der Waals surface area contributed by atoms with Crippen molar-refractivity contribution in [1.82, 2.24) is 4.90 Å². The average Bonchev–Trinajstić information content (AvgIpc) is 2.21. The molecule has 0 unspecified atom stereocenters. The van der Waals surface area contributed by atoms with Crippen LogP contribution in [0.1, 0.15) is 52.9 Å². The summed E-state index contributed by atoms with van der Waals surface area (Å²) in [5.41, 5.74) is 0. The molecule has 14 heavy (non-hydrogen) atoms. The lowest BCUT2D eigenvalue weighted by atomic mass is 10.2. The minimum atomic E-state index is 1.21. The van der Waals surface area contributed by atoms with Crippen LogP contribution in [0, 0.1) is 0 Å². The van der Waals surface area contributed by atoms with Gasteiger partial charge < -0.3 is 4.90 Å². The Kier molecular flexibility index (Phi) is 10.5. The molecule has 0 atom stereocenters. The largest absolute Gasteiger partial charge is 0.303 e. The summed E-state index contributed by atoms with van der Waals surface area (Å²) in [6.07, 6.45) is 10.9. The summed E-state index contributed by atoms with van der Waals surface area (Å²) in [6, 6.07) is 0. The van der Waals surface area contributed by atoms with Gasteiger partial charge in [0, 0.05) is 6.54 Å². The molecule has 0 saturated heterocycles. The lowest BCUT2D eigenvalue weighted by Crippen LogP contribution is -2.26. The predicted octanol–water partition coefficient (Wildman–Crippen LogP) is 3.85. The molecule has 0 aliphatic rings. The normalized spacial score (nSPS) is 11.7. The van der Waals surface area contributed by atoms with Gasteiger partial charge in [-0.3, -0.25) is 0 Å². The molecule has 0 saturated carbocycles. The van der Waals surface area contributed by atoms with Gasteiger partial charge in [0.15, 0.2) is 0 Å². The Hall–Kier alpha value is -0.300. The Morgan fingerprint density at radius 1 is 0.929 bits per heavy atom. The summed E-state index contributed by atoms with van der Waals surface area (Å²) in [4.78, 5) is 2.60. The first kappa shape index (κ1) is 13.7. The molecule has 1 heteroatoms. The standard InChI is InChI=1S/C13H27N/c1-4-7-10-13-14(11-8-5-2)12-9-6-3/h4,7H,5-6,8-13H2,1-3H3/b7-4+. The van der Waals surface area contributed by atoms with Crippen molar-refractivity contribution in [2.24, 2.45) is 0 Å². The molecule has 0 radical (unpaired) electrons. The lowest BCUT2D eigenvalue weighted by molar-refractivity contribution is 0.270. The molecule has 0 rings (SSSR count). The molecule has 84 valence electrons. The molecule has 0 aromatic carbocycles. The summed E-state index contributed by atoms with van der Waals surface area (Å²) in [5, 5.41) is 0. The van der Waals surface area contributed by atoms with Crippen LogP contribution in [0.15, 0.2) is 12.2 Å². The van der Waals surface area contributed by atoms with E-state index >= 15 is 0 Å². The van der Waals surface area contributed by atoms with E-state index < -0.39 is 0 Å². The summed E-state index contributed by atoms with van der Waals surface area (Å²) in [7, 11) is 0. The predicted molar refractivity (Wildman–Crippen MR) is 65.7 cm³/mol. The van der Waals surface area contributed by atoms with Crippen molar-refractivity contribution in [3.63, 3.8) is 0 Å². The fourth-order valence-corrected chi connectivity index (χ4v) is 1.52. The van der Waals surface area contributed by atoms with Crippen LogP contribution in [0.2, 0.25) is 0 Å². The second kappa shape index (κ2) is 10.8. The van der Waals surface area contributed by atoms with Gasteiger partial charge in [-0.15, -0.1) is 0 Å². The third kappa shape index (κ3) is 8.31. The van der Waals surface area contributed by atoms with Crippen molar-refractivity contribution in [3.8, 4) is 0 Å². The van der Waals surface area contributed by atoms with Crippen LogP contribution in [-0.2, 0) is 0 Å². The number of hydrogen-bond acceptors (Lipinski definition) is 1. The summed E-state index contributed by atoms with van der Waals surface area (Å²) in [5.74, 6) is 0. The maximum atomic E-state index is 2.60. The zero-order valence-electron chi connectivity index (χ0n) is 10.3. The van der Waals surface area contributed by atoms with E-state index in [-0.39, 0.29) is 0 Å². The first-order valence-corrected chi connectivity index (χ1v) is 6.18. The maximum Gasteiger partial charge on any atom is 0.00159 e. The highest BCUT2D eigenvalue weighted by molar-refractivity contribution is 4.78. The summed E-state index contributed by atoms with van der Waals surface area (Å²) in [6.45, 7) is 10.4. The molecule has 0 aliphatic carbocycles. The number of nitrogens with zero attached hydrogens (tertiary/aromatic N) is 1. The first-order valence-electron chi connectivity index (χ1n) is 6.18. The van der Waals surface area contributed by atoms with Gasteiger partial charge in [-0.2, -0.15) is 0 Å². The van der Waals surface area contributed by atoms with Crippen molar-refractivity contribution in [2.75, 3.05) is 19.6 Å². The molecule has 0 bridgehead atoms. The van der Waals surface area contributed by atoms with Crippen LogP contribution >= 0.6 is 0 Å². The average molecular weight is 197 g/mol. The van der Waals surface area contributed by atoms with E-state index in [2.05, 4.69) is 37.8 Å². The Balaban J connectivity index is 3.60. The van der Waals surface area contributed by atoms with Crippen molar-refractivity contribution in [1.29, 1.82) is 0 Å². The van der Waals surface area contributed by atoms with Crippen LogP contribution in [0.5, 0.6) is 0 Å². The molecule has 0 spiro atoms. The van der Waals surface area contributed by atoms with Crippen LogP contribution in [0.3, 0.4) is 0 Å². The Morgan fingerprint density at radius 2 is 1.50 bits per heavy atom. The van der Waals surface area contributed by atoms with Crippen LogP contribution in [0.25, 0.3) is 0 Å². The van der Waals surface area contributed by atoms with Gasteiger partial charge in [0.1, 0.15) is 0 Å². The Morgan fingerprint density at radius 3 is 1.93 bits per heavy atom. The van der Waals surface area contributed by atoms with Gasteiger partial charge in [0.05, 0.1) is 0 Å². The highest BCUT2D eigenvalue weighted by Gasteiger charge is 2.01. The molecular weight excluding hydrogens is 170 g/mol. The Bertz CT molecular complexity index is 121. The van der Waals surface area contributed by atoms with E-state index in [0.717, 1.165) is 0 Å². The summed E-state index contributed by atoms with van der Waals surface area (Å²) < 4.78 is 0. The summed E-state index contributed by atoms with van der Waals surface area (Å²) >= 11 is 0. The monoisotopic (exact) mass is 197 g/mol. The first-order chi connectivity index (χ1) is 6.85. The molecule has 1 nitrogen and oxygen atoms in total. The van der Waals surface area contributed by atoms with E-state index in [0.29, 0.717) is 0 Å². The second-order valence-electron chi connectivity index (χ2n) is 3.91. The maximum absolute atomic E-state index is 2.60. The van der Waals surface area contributed by atoms with E-state index in [4.69, 9.17) is 0 Å². The molecule has 0 aromatic heterocycles. The molecule has 0 aromatic rings. The van der Waals surface area contributed by atoms with Gasteiger partial charge in [0.2, 0.25) is 0 Å². The molecule has 0 heterocycles. The fraction of sp³-hybridized carbons (Fsp3) is 0.846. The minimum Gasteiger partial charge on any atom is -0.303 e. The highest BCUT2D eigenvalue weighted by Crippen LogP contribution is 2.00. The fourth-order valence-electron chi connectivity index (χ4n) is 1.52. The molecule has 0 aliphatic heterocycles. The lowest BCUT2D eigenvalue weighted by Gasteiger charge is -2.20. The SMILES string of the molecule is C/C=C/CCN(CCCC)CCCC. The van der Waals surface area contributed by atoms with Crippen molar-refractivity contribution < 1.29 is 0 Å². The van der Waals surface area contributed by atoms with Crippen molar-refractivity contribution in [3.05, 3.63) is 12.2 Å². The number of hydrogen-bond donors (Lipinski definition) is 0. The zero-order chi connectivity index (χ0) is 10.6. The third-order valence-electron chi connectivity index (χ3n) is 2.50. The van der Waals surface area contributed by atoms with Gasteiger partial charge in [-0.05, 0) is 39.3 Å². The van der Waals surface area contributed by atoms with Crippen LogP contribution in [-0.4, -0.2) is 24.5 Å². The minimum absolute atomic E-state index is 1.21.